The maximum absolute atomic E-state index is 5.85. The molecule has 0 aliphatic rings. The molecule has 18 heavy (non-hydrogen) atoms. The van der Waals surface area contributed by atoms with E-state index in [1.165, 1.54) is 5.39 Å². The molecule has 3 nitrogen and oxygen atoms in total. The third kappa shape index (κ3) is 2.92. The monoisotopic (exact) mass is 246 g/mol. The van der Waals surface area contributed by atoms with E-state index >= 15 is 0 Å². The van der Waals surface area contributed by atoms with E-state index in [1.54, 1.807) is 0 Å². The minimum Gasteiger partial charge on any atom is -0.459 e. The van der Waals surface area contributed by atoms with Gasteiger partial charge in [-0.1, -0.05) is 18.2 Å². The van der Waals surface area contributed by atoms with E-state index in [0.717, 1.165) is 17.9 Å². The summed E-state index contributed by atoms with van der Waals surface area (Å²) in [7, 11) is 4.19. The van der Waals surface area contributed by atoms with E-state index < -0.39 is 0 Å². The first kappa shape index (κ1) is 13.1. The maximum atomic E-state index is 5.85. The summed E-state index contributed by atoms with van der Waals surface area (Å²) in [6, 6.07) is 11.0. The lowest BCUT2D eigenvalue weighted by Crippen LogP contribution is -2.36. The van der Waals surface area contributed by atoms with Crippen LogP contribution in [0.15, 0.2) is 34.7 Å². The van der Waals surface area contributed by atoms with Crippen LogP contribution in [0.4, 0.5) is 0 Å². The highest BCUT2D eigenvalue weighted by Gasteiger charge is 2.12. The van der Waals surface area contributed by atoms with E-state index in [1.807, 2.05) is 18.2 Å². The number of fused-ring (bicyclic) bond motifs is 1. The van der Waals surface area contributed by atoms with Gasteiger partial charge in [0.2, 0.25) is 0 Å². The molecule has 0 fully saturated rings. The van der Waals surface area contributed by atoms with E-state index in [9.17, 15) is 0 Å². The summed E-state index contributed by atoms with van der Waals surface area (Å²) in [5.41, 5.74) is 0.960. The second-order valence-corrected chi connectivity index (χ2v) is 5.13. The minimum atomic E-state index is 0.236. The van der Waals surface area contributed by atoms with Gasteiger partial charge in [-0.2, -0.15) is 0 Å². The van der Waals surface area contributed by atoms with Gasteiger partial charge >= 0.3 is 0 Å². The quantitative estimate of drug-likeness (QED) is 0.879. The van der Waals surface area contributed by atoms with Crippen molar-refractivity contribution < 1.29 is 4.42 Å². The molecule has 3 heteroatoms. The number of benzene rings is 1. The average molecular weight is 246 g/mol. The number of likely N-dealkylation sites (N-methyl/N-ethyl adjacent to an activating group) is 1. The Morgan fingerprint density at radius 1 is 1.22 bits per heavy atom. The summed E-state index contributed by atoms with van der Waals surface area (Å²) in [4.78, 5) is 2.21. The zero-order chi connectivity index (χ0) is 13.1. The summed E-state index contributed by atoms with van der Waals surface area (Å²) in [6.45, 7) is 5.30. The molecule has 0 saturated carbocycles. The van der Waals surface area contributed by atoms with Crippen molar-refractivity contribution in [1.29, 1.82) is 0 Å². The summed E-state index contributed by atoms with van der Waals surface area (Å²) >= 11 is 0. The van der Waals surface area contributed by atoms with Crippen molar-refractivity contribution in [3.63, 3.8) is 0 Å². The van der Waals surface area contributed by atoms with E-state index in [4.69, 9.17) is 4.42 Å². The molecule has 0 aliphatic carbocycles. The first-order valence-electron chi connectivity index (χ1n) is 6.46. The molecule has 2 atom stereocenters. The van der Waals surface area contributed by atoms with Crippen molar-refractivity contribution in [1.82, 2.24) is 10.2 Å². The number of nitrogens with zero attached hydrogens (tertiary/aromatic N) is 1. The Labute approximate surface area is 109 Å². The highest BCUT2D eigenvalue weighted by molar-refractivity contribution is 5.77. The van der Waals surface area contributed by atoms with Crippen molar-refractivity contribution in [2.24, 2.45) is 0 Å². The Hall–Kier alpha value is -1.32. The number of hydrogen-bond acceptors (Lipinski definition) is 3. The molecule has 98 valence electrons. The summed E-state index contributed by atoms with van der Waals surface area (Å²) in [6.07, 6.45) is 0. The van der Waals surface area contributed by atoms with Crippen molar-refractivity contribution in [3.05, 3.63) is 36.1 Å². The van der Waals surface area contributed by atoms with Gasteiger partial charge in [-0.05, 0) is 40.1 Å². The van der Waals surface area contributed by atoms with Gasteiger partial charge in [0, 0.05) is 18.0 Å². The lowest BCUT2D eigenvalue weighted by atomic mass is 10.2. The topological polar surface area (TPSA) is 28.4 Å². The third-order valence-electron chi connectivity index (χ3n) is 3.47. The largest absolute Gasteiger partial charge is 0.459 e. The highest BCUT2D eigenvalue weighted by atomic mass is 16.3. The van der Waals surface area contributed by atoms with Crippen molar-refractivity contribution in [2.75, 3.05) is 20.6 Å². The van der Waals surface area contributed by atoms with Crippen LogP contribution in [0.2, 0.25) is 0 Å². The predicted molar refractivity (Wildman–Crippen MR) is 75.8 cm³/mol. The number of furan rings is 1. The molecular formula is C15H22N2O. The number of para-hydroxylation sites is 1. The fourth-order valence-corrected chi connectivity index (χ4v) is 1.85. The molecule has 0 radical (unpaired) electrons. The molecule has 0 aliphatic heterocycles. The molecule has 0 saturated heterocycles. The standard InChI is InChI=1S/C15H22N2O/c1-11(17(3)4)10-16-12(2)15-9-13-7-5-6-8-14(13)18-15/h5-9,11-12,16H,10H2,1-4H3. The van der Waals surface area contributed by atoms with Crippen LogP contribution in [0.5, 0.6) is 0 Å². The zero-order valence-electron chi connectivity index (χ0n) is 11.6. The van der Waals surface area contributed by atoms with Crippen LogP contribution < -0.4 is 5.32 Å². The second-order valence-electron chi connectivity index (χ2n) is 5.13. The van der Waals surface area contributed by atoms with Crippen molar-refractivity contribution >= 4 is 11.0 Å². The summed E-state index contributed by atoms with van der Waals surface area (Å²) < 4.78 is 5.85. The Morgan fingerprint density at radius 3 is 2.61 bits per heavy atom. The molecule has 2 rings (SSSR count). The van der Waals surface area contributed by atoms with E-state index in [2.05, 4.69) is 50.3 Å². The normalized spacial score (nSPS) is 15.2. The first-order valence-corrected chi connectivity index (χ1v) is 6.46. The van der Waals surface area contributed by atoms with Gasteiger partial charge in [0.25, 0.3) is 0 Å². The molecule has 1 heterocycles. The fraction of sp³-hybridized carbons (Fsp3) is 0.467. The molecule has 1 N–H and O–H groups in total. The van der Waals surface area contributed by atoms with Gasteiger partial charge < -0.3 is 14.6 Å². The summed E-state index contributed by atoms with van der Waals surface area (Å²) in [5, 5.41) is 4.67. The number of hydrogen-bond donors (Lipinski definition) is 1. The van der Waals surface area contributed by atoms with Gasteiger partial charge in [-0.3, -0.25) is 0 Å². The Morgan fingerprint density at radius 2 is 1.94 bits per heavy atom. The van der Waals surface area contributed by atoms with Crippen LogP contribution in [0.3, 0.4) is 0 Å². The third-order valence-corrected chi connectivity index (χ3v) is 3.47. The lowest BCUT2D eigenvalue weighted by molar-refractivity contribution is 0.290. The van der Waals surface area contributed by atoms with Crippen LogP contribution in [-0.4, -0.2) is 31.6 Å². The smallest absolute Gasteiger partial charge is 0.134 e. The maximum Gasteiger partial charge on any atom is 0.134 e. The lowest BCUT2D eigenvalue weighted by Gasteiger charge is -2.22. The fourth-order valence-electron chi connectivity index (χ4n) is 1.85. The van der Waals surface area contributed by atoms with Gasteiger partial charge in [0.05, 0.1) is 6.04 Å². The van der Waals surface area contributed by atoms with Crippen LogP contribution >= 0.6 is 0 Å². The Kier molecular flexibility index (Phi) is 4.04. The predicted octanol–water partition coefficient (Wildman–Crippen LogP) is 3.03. The average Bonchev–Trinajstić information content (AvgIpc) is 2.79. The first-order chi connectivity index (χ1) is 8.58. The second kappa shape index (κ2) is 5.55. The van der Waals surface area contributed by atoms with Crippen molar-refractivity contribution in [2.45, 2.75) is 25.9 Å². The van der Waals surface area contributed by atoms with Gasteiger partial charge in [-0.15, -0.1) is 0 Å². The Bertz CT molecular complexity index is 471. The molecule has 2 aromatic rings. The molecule has 0 bridgehead atoms. The minimum absolute atomic E-state index is 0.236. The van der Waals surface area contributed by atoms with E-state index in [0.29, 0.717) is 6.04 Å². The SMILES string of the molecule is CC(NCC(C)N(C)C)c1cc2ccccc2o1. The number of nitrogens with one attached hydrogen (secondary N) is 1. The van der Waals surface area contributed by atoms with Crippen LogP contribution in [0, 0.1) is 0 Å². The zero-order valence-corrected chi connectivity index (χ0v) is 11.6. The molecule has 1 aromatic heterocycles. The highest BCUT2D eigenvalue weighted by Crippen LogP contribution is 2.23. The number of rotatable bonds is 5. The van der Waals surface area contributed by atoms with Gasteiger partial charge in [0.1, 0.15) is 11.3 Å². The molecule has 0 spiro atoms. The Balaban J connectivity index is 2.02. The molecule has 1 aromatic carbocycles. The van der Waals surface area contributed by atoms with E-state index in [-0.39, 0.29) is 6.04 Å². The van der Waals surface area contributed by atoms with Crippen LogP contribution in [0.1, 0.15) is 25.6 Å². The van der Waals surface area contributed by atoms with Crippen molar-refractivity contribution in [3.8, 4) is 0 Å². The molecular weight excluding hydrogens is 224 g/mol. The van der Waals surface area contributed by atoms with Gasteiger partial charge in [0.15, 0.2) is 0 Å². The summed E-state index contributed by atoms with van der Waals surface area (Å²) in [5.74, 6) is 1.00. The molecule has 0 amide bonds. The molecule has 2 unspecified atom stereocenters. The van der Waals surface area contributed by atoms with Crippen LogP contribution in [0.25, 0.3) is 11.0 Å². The van der Waals surface area contributed by atoms with Gasteiger partial charge in [-0.25, -0.2) is 0 Å². The van der Waals surface area contributed by atoms with Crippen LogP contribution in [-0.2, 0) is 0 Å².